The van der Waals surface area contributed by atoms with Crippen molar-refractivity contribution in [1.82, 2.24) is 20.6 Å². The normalized spacial score (nSPS) is 15.0. The van der Waals surface area contributed by atoms with Crippen molar-refractivity contribution in [2.45, 2.75) is 19.4 Å². The number of benzene rings is 2. The zero-order valence-corrected chi connectivity index (χ0v) is 19.6. The Morgan fingerprint density at radius 3 is 2.41 bits per heavy atom. The Hall–Kier alpha value is -4.28. The molecule has 1 aliphatic rings. The molecule has 2 heterocycles. The molecule has 2 N–H and O–H groups in total. The molecular weight excluding hydrogens is 440 g/mol. The zero-order chi connectivity index (χ0) is 24.2. The van der Waals surface area contributed by atoms with Crippen molar-refractivity contribution < 1.29 is 23.6 Å². The molecule has 1 aliphatic heterocycles. The SMILES string of the molecule is CNC(=O)N1N=C(c2ccc(Nc3nonc3OC)cc2)c2cc(OC)c(OC)cc2C[C@@H]1C. The van der Waals surface area contributed by atoms with Gasteiger partial charge in [0.2, 0.25) is 5.82 Å². The van der Waals surface area contributed by atoms with Gasteiger partial charge < -0.3 is 24.8 Å². The van der Waals surface area contributed by atoms with Crippen LogP contribution in [0.4, 0.5) is 16.3 Å². The Balaban J connectivity index is 1.77. The monoisotopic (exact) mass is 466 g/mol. The van der Waals surface area contributed by atoms with Gasteiger partial charge in [-0.3, -0.25) is 0 Å². The van der Waals surface area contributed by atoms with Crippen molar-refractivity contribution in [3.8, 4) is 17.4 Å². The van der Waals surface area contributed by atoms with Gasteiger partial charge in [0.15, 0.2) is 11.5 Å². The molecule has 0 bridgehead atoms. The number of methoxy groups -OCH3 is 3. The molecule has 0 fully saturated rings. The summed E-state index contributed by atoms with van der Waals surface area (Å²) in [6, 6.07) is 10.9. The van der Waals surface area contributed by atoms with Crippen LogP contribution in [0.15, 0.2) is 46.1 Å². The minimum absolute atomic E-state index is 0.178. The lowest BCUT2D eigenvalue weighted by atomic mass is 9.94. The number of urea groups is 1. The molecule has 178 valence electrons. The summed E-state index contributed by atoms with van der Waals surface area (Å²) in [7, 11) is 6.26. The largest absolute Gasteiger partial charge is 0.493 e. The number of aromatic nitrogens is 2. The van der Waals surface area contributed by atoms with Gasteiger partial charge in [0.05, 0.1) is 33.1 Å². The third-order valence-electron chi connectivity index (χ3n) is 5.50. The molecule has 2 aromatic carbocycles. The molecule has 1 aromatic heterocycles. The van der Waals surface area contributed by atoms with Gasteiger partial charge in [-0.25, -0.2) is 14.4 Å². The van der Waals surface area contributed by atoms with E-state index < -0.39 is 0 Å². The van der Waals surface area contributed by atoms with Crippen molar-refractivity contribution in [2.75, 3.05) is 33.7 Å². The number of nitrogens with zero attached hydrogens (tertiary/aromatic N) is 4. The highest BCUT2D eigenvalue weighted by atomic mass is 16.6. The lowest BCUT2D eigenvalue weighted by Crippen LogP contribution is -2.41. The topological polar surface area (TPSA) is 123 Å². The Labute approximate surface area is 196 Å². The molecule has 0 radical (unpaired) electrons. The van der Waals surface area contributed by atoms with E-state index in [1.165, 1.54) is 12.1 Å². The second-order valence-corrected chi connectivity index (χ2v) is 7.59. The first-order chi connectivity index (χ1) is 16.5. The lowest BCUT2D eigenvalue weighted by molar-refractivity contribution is 0.184. The number of hydrogen-bond donors (Lipinski definition) is 2. The van der Waals surface area contributed by atoms with Crippen LogP contribution in [0.3, 0.4) is 0 Å². The number of amides is 2. The third kappa shape index (κ3) is 4.32. The summed E-state index contributed by atoms with van der Waals surface area (Å²) in [4.78, 5) is 12.6. The van der Waals surface area contributed by atoms with Crippen molar-refractivity contribution in [3.63, 3.8) is 0 Å². The van der Waals surface area contributed by atoms with E-state index in [0.717, 1.165) is 22.4 Å². The smallest absolute Gasteiger partial charge is 0.337 e. The molecule has 1 atom stereocenters. The number of hydrazone groups is 1. The summed E-state index contributed by atoms with van der Waals surface area (Å²) < 4.78 is 20.9. The van der Waals surface area contributed by atoms with E-state index in [9.17, 15) is 4.79 Å². The lowest BCUT2D eigenvalue weighted by Gasteiger charge is -2.22. The molecule has 0 aliphatic carbocycles. The van der Waals surface area contributed by atoms with E-state index in [1.807, 2.05) is 43.3 Å². The minimum Gasteiger partial charge on any atom is -0.493 e. The van der Waals surface area contributed by atoms with Gasteiger partial charge in [-0.15, -0.1) is 0 Å². The van der Waals surface area contributed by atoms with Crippen LogP contribution >= 0.6 is 0 Å². The highest BCUT2D eigenvalue weighted by Gasteiger charge is 2.28. The molecule has 11 nitrogen and oxygen atoms in total. The van der Waals surface area contributed by atoms with E-state index in [2.05, 4.69) is 20.9 Å². The molecule has 0 unspecified atom stereocenters. The first-order valence-electron chi connectivity index (χ1n) is 10.6. The Morgan fingerprint density at radius 1 is 1.06 bits per heavy atom. The summed E-state index contributed by atoms with van der Waals surface area (Å²) in [6.45, 7) is 1.95. The van der Waals surface area contributed by atoms with Crippen molar-refractivity contribution in [3.05, 3.63) is 53.1 Å². The highest BCUT2D eigenvalue weighted by Crippen LogP contribution is 2.35. The quantitative estimate of drug-likeness (QED) is 0.568. The zero-order valence-electron chi connectivity index (χ0n) is 19.6. The van der Waals surface area contributed by atoms with Gasteiger partial charge >= 0.3 is 6.03 Å². The van der Waals surface area contributed by atoms with E-state index in [1.54, 1.807) is 21.3 Å². The maximum Gasteiger partial charge on any atom is 0.337 e. The molecule has 0 saturated heterocycles. The van der Waals surface area contributed by atoms with Crippen LogP contribution in [-0.4, -0.2) is 61.5 Å². The number of anilines is 2. The number of hydrogen-bond acceptors (Lipinski definition) is 9. The summed E-state index contributed by atoms with van der Waals surface area (Å²) in [5.41, 5.74) is 4.05. The fourth-order valence-electron chi connectivity index (χ4n) is 3.79. The number of nitrogens with one attached hydrogen (secondary N) is 2. The van der Waals surface area contributed by atoms with E-state index in [4.69, 9.17) is 23.9 Å². The van der Waals surface area contributed by atoms with Crippen LogP contribution in [0.5, 0.6) is 17.4 Å². The molecule has 34 heavy (non-hydrogen) atoms. The van der Waals surface area contributed by atoms with Gasteiger partial charge in [-0.05, 0) is 53.5 Å². The summed E-state index contributed by atoms with van der Waals surface area (Å²) in [5.74, 6) is 1.82. The van der Waals surface area contributed by atoms with Gasteiger partial charge in [0.25, 0.3) is 5.88 Å². The predicted molar refractivity (Wildman–Crippen MR) is 125 cm³/mol. The van der Waals surface area contributed by atoms with Crippen LogP contribution in [0, 0.1) is 0 Å². The fourth-order valence-corrected chi connectivity index (χ4v) is 3.79. The molecule has 11 heteroatoms. The first-order valence-corrected chi connectivity index (χ1v) is 10.6. The van der Waals surface area contributed by atoms with Crippen LogP contribution in [0.2, 0.25) is 0 Å². The number of carbonyl (C=O) groups excluding carboxylic acids is 1. The van der Waals surface area contributed by atoms with E-state index in [0.29, 0.717) is 29.4 Å². The average Bonchev–Trinajstić information content (AvgIpc) is 3.25. The molecular formula is C23H26N6O5. The Morgan fingerprint density at radius 2 is 1.76 bits per heavy atom. The number of carbonyl (C=O) groups is 1. The minimum atomic E-state index is -0.291. The van der Waals surface area contributed by atoms with Gasteiger partial charge in [0.1, 0.15) is 0 Å². The number of fused-ring (bicyclic) bond motifs is 1. The van der Waals surface area contributed by atoms with Crippen molar-refractivity contribution >= 4 is 23.2 Å². The molecule has 3 aromatic rings. The predicted octanol–water partition coefficient (Wildman–Crippen LogP) is 3.18. The van der Waals surface area contributed by atoms with Crippen molar-refractivity contribution in [1.29, 1.82) is 0 Å². The van der Waals surface area contributed by atoms with Crippen LogP contribution in [-0.2, 0) is 6.42 Å². The third-order valence-corrected chi connectivity index (χ3v) is 5.50. The maximum absolute atomic E-state index is 12.6. The van der Waals surface area contributed by atoms with Gasteiger partial charge in [0, 0.05) is 23.9 Å². The van der Waals surface area contributed by atoms with Crippen molar-refractivity contribution in [2.24, 2.45) is 5.10 Å². The fraction of sp³-hybridized carbons (Fsp3) is 0.304. The Kier molecular flexibility index (Phi) is 6.53. The van der Waals surface area contributed by atoms with Crippen LogP contribution < -0.4 is 24.8 Å². The second-order valence-electron chi connectivity index (χ2n) is 7.59. The number of ether oxygens (including phenoxy) is 3. The second kappa shape index (κ2) is 9.69. The van der Waals surface area contributed by atoms with Crippen LogP contribution in [0.25, 0.3) is 0 Å². The summed E-state index contributed by atoms with van der Waals surface area (Å²) >= 11 is 0. The highest BCUT2D eigenvalue weighted by molar-refractivity contribution is 6.14. The van der Waals surface area contributed by atoms with E-state index in [-0.39, 0.29) is 18.0 Å². The van der Waals surface area contributed by atoms with E-state index >= 15 is 0 Å². The molecule has 4 rings (SSSR count). The summed E-state index contributed by atoms with van der Waals surface area (Å²) in [5, 5.41) is 19.5. The standard InChI is InChI=1S/C23H26N6O5/c1-13-10-15-11-18(31-3)19(32-4)12-17(15)20(26-29(13)23(30)24-2)14-6-8-16(9-7-14)25-21-22(33-5)28-34-27-21/h6-9,11-13H,10H2,1-5H3,(H,24,30)(H,25,27)/t13-/m0/s1. The molecule has 0 saturated carbocycles. The molecule has 0 spiro atoms. The van der Waals surface area contributed by atoms with Gasteiger partial charge in [-0.1, -0.05) is 12.1 Å². The van der Waals surface area contributed by atoms with Crippen LogP contribution in [0.1, 0.15) is 23.6 Å². The maximum atomic E-state index is 12.6. The summed E-state index contributed by atoms with van der Waals surface area (Å²) in [6.07, 6.45) is 0.592. The Bertz CT molecular complexity index is 1210. The molecule has 2 amide bonds. The van der Waals surface area contributed by atoms with Gasteiger partial charge in [-0.2, -0.15) is 5.10 Å². The number of rotatable bonds is 6. The average molecular weight is 466 g/mol. The first kappa shape index (κ1) is 22.9.